The van der Waals surface area contributed by atoms with Crippen LogP contribution in [0.1, 0.15) is 7.43 Å². The maximum atomic E-state index is 12.7. The Bertz CT molecular complexity index is 4250. The van der Waals surface area contributed by atoms with Gasteiger partial charge >= 0.3 is 7.12 Å². The van der Waals surface area contributed by atoms with Gasteiger partial charge in [0.1, 0.15) is 21.9 Å². The third kappa shape index (κ3) is 27.6. The molecule has 0 radical (unpaired) electrons. The summed E-state index contributed by atoms with van der Waals surface area (Å²) in [5.41, 5.74) is 1.97. The van der Waals surface area contributed by atoms with Crippen molar-refractivity contribution in [3.63, 3.8) is 0 Å². The number of rotatable bonds is 14. The molecule has 2 N–H and O–H groups in total. The van der Waals surface area contributed by atoms with Crippen LogP contribution in [0.3, 0.4) is 0 Å². The smallest absolute Gasteiger partial charge is 0.423 e. The summed E-state index contributed by atoms with van der Waals surface area (Å²) in [6.07, 6.45) is 3.27. The summed E-state index contributed by atoms with van der Waals surface area (Å²) >= 11 is 14.6. The topological polar surface area (TPSA) is 66.2 Å². The van der Waals surface area contributed by atoms with Gasteiger partial charge in [-0.3, -0.25) is 0 Å². The number of pyridine rings is 2. The molecule has 15 heteroatoms. The molecule has 2 aromatic heterocycles. The van der Waals surface area contributed by atoms with E-state index < -0.39 is 38.8 Å². The Balaban J connectivity index is 0.000000164. The molecule has 0 spiro atoms. The van der Waals surface area contributed by atoms with E-state index in [2.05, 4.69) is 390 Å². The quantitative estimate of drug-likeness (QED) is 0.0647. The van der Waals surface area contributed by atoms with Gasteiger partial charge in [-0.05, 0) is 171 Å². The van der Waals surface area contributed by atoms with Crippen LogP contribution in [0.2, 0.25) is 10.3 Å². The zero-order valence-corrected chi connectivity index (χ0v) is 67.3. The first-order valence-corrected chi connectivity index (χ1v) is 41.5. The average Bonchev–Trinajstić information content (AvgIpc) is 0.845. The van der Waals surface area contributed by atoms with Crippen LogP contribution in [-0.2, 0) is 20.4 Å². The minimum Gasteiger partial charge on any atom is -0.423 e. The second-order valence-electron chi connectivity index (χ2n) is 23.4. The summed E-state index contributed by atoms with van der Waals surface area (Å²) in [4.78, 5) is 7.75. The van der Waals surface area contributed by atoms with Gasteiger partial charge in [-0.2, -0.15) is 0 Å². The van der Waals surface area contributed by atoms with E-state index in [0.29, 0.717) is 15.8 Å². The number of hydrogen-bond donors (Lipinski definition) is 2. The van der Waals surface area contributed by atoms with Crippen LogP contribution in [0, 0.1) is 11.6 Å². The minimum atomic E-state index is -1.51. The van der Waals surface area contributed by atoms with E-state index >= 15 is 0 Å². The molecule has 0 bridgehead atoms. The van der Waals surface area contributed by atoms with Crippen molar-refractivity contribution in [2.45, 2.75) is 7.43 Å². The van der Waals surface area contributed by atoms with Gasteiger partial charge in [-0.1, -0.05) is 419 Å². The fourth-order valence-corrected chi connectivity index (χ4v) is 20.8. The summed E-state index contributed by atoms with van der Waals surface area (Å²) in [6.45, 7) is 0. The van der Waals surface area contributed by atoms with Gasteiger partial charge in [0.15, 0.2) is 0 Å². The Labute approximate surface area is 684 Å². The molecule has 0 aliphatic heterocycles. The van der Waals surface area contributed by atoms with E-state index in [0.717, 1.165) is 15.6 Å². The average molecular weight is 1710 g/mol. The number of hydrogen-bond acceptors (Lipinski definition) is 4. The first-order valence-electron chi connectivity index (χ1n) is 34.6. The van der Waals surface area contributed by atoms with Crippen LogP contribution in [0.25, 0.3) is 11.1 Å². The molecule has 14 aromatic carbocycles. The summed E-state index contributed by atoms with van der Waals surface area (Å²) in [7, 11) is -3.30. The Morgan fingerprint density at radius 3 is 0.618 bits per heavy atom. The molecule has 0 aliphatic carbocycles. The zero-order valence-electron chi connectivity index (χ0n) is 59.1. The van der Waals surface area contributed by atoms with Crippen LogP contribution in [0.15, 0.2) is 454 Å². The van der Waals surface area contributed by atoms with Crippen molar-refractivity contribution in [1.29, 1.82) is 0 Å². The van der Waals surface area contributed by atoms with E-state index in [1.54, 1.807) is 30.6 Å². The predicted octanol–water partition coefficient (Wildman–Crippen LogP) is 20.0. The second-order valence-corrected chi connectivity index (χ2v) is 33.9. The van der Waals surface area contributed by atoms with Crippen LogP contribution < -0.4 is 69.1 Å². The normalized spacial score (nSPS) is 10.1. The van der Waals surface area contributed by atoms with Crippen LogP contribution in [-0.4, -0.2) is 27.1 Å². The van der Waals surface area contributed by atoms with Crippen molar-refractivity contribution in [2.24, 2.45) is 0 Å². The molecular weight excluding hydrogens is 1630 g/mol. The van der Waals surface area contributed by atoms with Crippen LogP contribution in [0.5, 0.6) is 0 Å². The maximum Gasteiger partial charge on any atom is 0.488 e. The fourth-order valence-electron chi connectivity index (χ4n) is 10.9. The summed E-state index contributed by atoms with van der Waals surface area (Å²) in [5.74, 6) is -0.641. The van der Waals surface area contributed by atoms with Gasteiger partial charge in [-0.25, -0.2) is 18.7 Å². The number of halogens is 5. The number of benzene rings is 14. The van der Waals surface area contributed by atoms with E-state index in [9.17, 15) is 8.78 Å². The first kappa shape index (κ1) is 86.3. The number of nitrogens with zero attached hydrogens (tertiary/aromatic N) is 2. The largest absolute Gasteiger partial charge is 0.488 e. The molecule has 0 amide bonds. The molecule has 0 aliphatic rings. The maximum absolute atomic E-state index is 12.7. The van der Waals surface area contributed by atoms with E-state index in [1.807, 2.05) is 18.2 Å². The monoisotopic (exact) mass is 1710 g/mol. The van der Waals surface area contributed by atoms with Crippen molar-refractivity contribution in [2.75, 3.05) is 0 Å². The van der Waals surface area contributed by atoms with E-state index in [4.69, 9.17) is 33.2 Å². The molecule has 2 heterocycles. The molecule has 110 heavy (non-hydrogen) atoms. The van der Waals surface area contributed by atoms with Crippen LogP contribution >= 0.6 is 70.8 Å². The minimum absolute atomic E-state index is 0. The van der Waals surface area contributed by atoms with Gasteiger partial charge < -0.3 is 10.0 Å². The molecule has 0 atom stereocenters. The van der Waals surface area contributed by atoms with Crippen molar-refractivity contribution < 1.29 is 39.3 Å². The molecule has 550 valence electrons. The van der Waals surface area contributed by atoms with Gasteiger partial charge in [0, 0.05) is 38.4 Å². The molecular formula is C95H80BBrCl2F2N2O2P4Pd. The second kappa shape index (κ2) is 48.3. The zero-order chi connectivity index (χ0) is 75.2. The van der Waals surface area contributed by atoms with Crippen molar-refractivity contribution >= 4 is 147 Å². The van der Waals surface area contributed by atoms with Gasteiger partial charge in [0.05, 0.1) is 4.47 Å². The molecule has 4 nitrogen and oxygen atoms in total. The SMILES string of the molecule is C.Clc1ncccc1Br.Fc1ccc(-c2cccnc2Cl)cc1.OB(O)c1ccc(F)cc1.[Pd].c1ccc(P(c2ccccc2)c2ccccc2)cc1.c1ccc(P(c2ccccc2)c2ccccc2)cc1.c1ccc(P(c2ccccc2)c2ccccc2)cc1.c1ccc(P(c2ccccc2)c2ccccc2)cc1. The third-order valence-corrected chi connectivity index (χ3v) is 27.2. The Morgan fingerprint density at radius 2 is 0.445 bits per heavy atom. The van der Waals surface area contributed by atoms with Gasteiger partial charge in [0.25, 0.3) is 0 Å². The number of aromatic nitrogens is 2. The van der Waals surface area contributed by atoms with E-state index in [-0.39, 0.29) is 39.5 Å². The van der Waals surface area contributed by atoms with Gasteiger partial charge in [-0.15, -0.1) is 0 Å². The fraction of sp³-hybridized carbons (Fsp3) is 0.0105. The molecule has 16 rings (SSSR count). The molecule has 0 fully saturated rings. The Hall–Kier alpha value is -9.33. The summed E-state index contributed by atoms with van der Waals surface area (Å²) < 4.78 is 25.7. The molecule has 16 aromatic rings. The summed E-state index contributed by atoms with van der Waals surface area (Å²) in [6, 6.07) is 148. The third-order valence-electron chi connectivity index (χ3n) is 16.0. The van der Waals surface area contributed by atoms with Gasteiger partial charge in [0.2, 0.25) is 0 Å². The molecule has 0 unspecified atom stereocenters. The summed E-state index contributed by atoms with van der Waals surface area (Å²) in [5, 5.41) is 34.8. The van der Waals surface area contributed by atoms with Crippen LogP contribution in [0.4, 0.5) is 8.78 Å². The van der Waals surface area contributed by atoms with Crippen molar-refractivity contribution in [3.8, 4) is 11.1 Å². The standard InChI is InChI=1S/4C18H15P.C11H7ClFN.C6H6BFO2.C5H3BrClN.CH4.Pd/c4*1-4-10-16(11-5-1)19(17-12-6-2-7-13-17)18-14-8-3-9-15-18;12-11-10(2-1-7-14-11)8-3-5-9(13)6-4-8;8-6-3-1-5(2-4-6)7(9)10;6-4-2-1-3-8-5(4)7;;/h4*1-15H;1-7H;1-4,9-10H;1-3H;1H4;. The Morgan fingerprint density at radius 1 is 0.255 bits per heavy atom. The van der Waals surface area contributed by atoms with Crippen molar-refractivity contribution in [3.05, 3.63) is 476 Å². The van der Waals surface area contributed by atoms with E-state index in [1.165, 1.54) is 100 Å². The van der Waals surface area contributed by atoms with Crippen molar-refractivity contribution in [1.82, 2.24) is 9.97 Å². The molecule has 0 saturated heterocycles. The first-order chi connectivity index (χ1) is 53.1. The molecule has 0 saturated carbocycles. The predicted molar refractivity (Wildman–Crippen MR) is 475 cm³/mol. The Kier molecular flexibility index (Phi) is 37.9.